The first-order valence-electron chi connectivity index (χ1n) is 24.6. The minimum atomic E-state index is -1.90. The predicted octanol–water partition coefficient (Wildman–Crippen LogP) is 0.421. The number of aliphatic imine (C=N–C) groups is 1. The number of carboxylic acids is 2. The van der Waals surface area contributed by atoms with Crippen LogP contribution in [0.2, 0.25) is 0 Å². The van der Waals surface area contributed by atoms with E-state index in [1.54, 1.807) is 13.8 Å². The molecule has 396 valence electrons. The molecule has 0 saturated heterocycles. The molecule has 0 aliphatic rings. The molecule has 7 amide bonds. The van der Waals surface area contributed by atoms with Crippen LogP contribution in [0.3, 0.4) is 0 Å². The smallest absolute Gasteiger partial charge is 0.326 e. The van der Waals surface area contributed by atoms with Gasteiger partial charge in [-0.3, -0.25) is 43.3 Å². The van der Waals surface area contributed by atoms with Gasteiger partial charge in [-0.25, -0.2) is 4.79 Å². The molecule has 7 atom stereocenters. The first-order chi connectivity index (χ1) is 32.6. The van der Waals surface area contributed by atoms with Gasteiger partial charge in [0.1, 0.15) is 36.3 Å². The SMILES string of the molecule is CCCCCCCCCCCCCCCC(=O)N[C@H](C(=O)N[C@@H](CCCN=C(N)N)C(=O)N[C@@H](CC(N)=O)C(=O)N[C@@H](CC(=O)O)C(=O)N[C@@H](CCCCN)C(=O)N[C@@H](CC(C)C)C(=O)O)[C@@H](C)O. The maximum atomic E-state index is 13.9. The lowest BCUT2D eigenvalue weighted by Gasteiger charge is -2.27. The molecule has 17 N–H and O–H groups in total. The van der Waals surface area contributed by atoms with Crippen molar-refractivity contribution in [2.75, 3.05) is 13.1 Å². The summed E-state index contributed by atoms with van der Waals surface area (Å²) in [6.45, 7) is 7.20. The molecular formula is C46H85N11O12. The van der Waals surface area contributed by atoms with Crippen molar-refractivity contribution >= 4 is 59.2 Å². The number of nitrogens with two attached hydrogens (primary N) is 4. The summed E-state index contributed by atoms with van der Waals surface area (Å²) in [5, 5.41) is 44.1. The highest BCUT2D eigenvalue weighted by Gasteiger charge is 2.35. The first-order valence-corrected chi connectivity index (χ1v) is 24.6. The van der Waals surface area contributed by atoms with Crippen molar-refractivity contribution < 1.29 is 58.5 Å². The molecule has 0 aromatic heterocycles. The Morgan fingerprint density at radius 1 is 0.522 bits per heavy atom. The van der Waals surface area contributed by atoms with Crippen LogP contribution < -0.4 is 54.8 Å². The highest BCUT2D eigenvalue weighted by Crippen LogP contribution is 2.14. The minimum absolute atomic E-state index is 0.00517. The standard InChI is InChI=1S/C46H85N11O12/c1-5-6-7-8-9-10-11-12-13-14-15-16-17-23-37(60)57-39(30(4)58)44(67)53-32(22-20-25-51-46(49)50)40(63)54-33(27-36(48)59)42(65)55-34(28-38(61)62)43(66)52-31(21-18-19-24-47)41(64)56-35(45(68)69)26-29(2)3/h29-35,39,58H,5-28,47H2,1-4H3,(H2,48,59)(H,52,66)(H,53,67)(H,54,63)(H,55,65)(H,56,64)(H,57,60)(H,61,62)(H,68,69)(H4,49,50,51)/t30-,31+,32+,33+,34+,35+,39+/m1/s1. The second-order valence-electron chi connectivity index (χ2n) is 18.1. The molecule has 23 nitrogen and oxygen atoms in total. The van der Waals surface area contributed by atoms with Crippen LogP contribution in [-0.2, 0) is 43.2 Å². The fourth-order valence-electron chi connectivity index (χ4n) is 7.33. The summed E-state index contributed by atoms with van der Waals surface area (Å²) in [4.78, 5) is 121. The molecular weight excluding hydrogens is 899 g/mol. The molecule has 0 saturated carbocycles. The van der Waals surface area contributed by atoms with Crippen LogP contribution in [0.25, 0.3) is 0 Å². The van der Waals surface area contributed by atoms with Crippen molar-refractivity contribution in [1.82, 2.24) is 31.9 Å². The largest absolute Gasteiger partial charge is 0.481 e. The van der Waals surface area contributed by atoms with Crippen LogP contribution in [0, 0.1) is 5.92 Å². The van der Waals surface area contributed by atoms with Crippen molar-refractivity contribution in [2.24, 2.45) is 33.8 Å². The van der Waals surface area contributed by atoms with E-state index in [0.717, 1.165) is 25.7 Å². The number of carboxylic acid groups (broad SMARTS) is 2. The number of amides is 7. The van der Waals surface area contributed by atoms with Gasteiger partial charge in [0.25, 0.3) is 0 Å². The summed E-state index contributed by atoms with van der Waals surface area (Å²) in [5.74, 6) is -10.2. The van der Waals surface area contributed by atoms with Crippen LogP contribution in [0.5, 0.6) is 0 Å². The van der Waals surface area contributed by atoms with Crippen LogP contribution in [-0.4, -0.2) is 130 Å². The van der Waals surface area contributed by atoms with Gasteiger partial charge in [0.15, 0.2) is 5.96 Å². The van der Waals surface area contributed by atoms with E-state index in [9.17, 15) is 58.5 Å². The number of carbonyl (C=O) groups is 9. The zero-order valence-corrected chi connectivity index (χ0v) is 41.4. The molecule has 0 aromatic rings. The summed E-state index contributed by atoms with van der Waals surface area (Å²) in [6, 6.07) is -9.44. The fourth-order valence-corrected chi connectivity index (χ4v) is 7.33. The highest BCUT2D eigenvalue weighted by molar-refractivity contribution is 5.99. The Kier molecular flexibility index (Phi) is 34.3. The molecule has 0 aliphatic carbocycles. The molecule has 0 rings (SSSR count). The predicted molar refractivity (Wildman–Crippen MR) is 260 cm³/mol. The minimum Gasteiger partial charge on any atom is -0.481 e. The number of nitrogens with one attached hydrogen (secondary N) is 6. The average molecular weight is 984 g/mol. The number of primary amides is 1. The summed E-state index contributed by atoms with van der Waals surface area (Å²) in [5.41, 5.74) is 21.9. The fraction of sp³-hybridized carbons (Fsp3) is 0.783. The van der Waals surface area contributed by atoms with Crippen LogP contribution in [0.15, 0.2) is 4.99 Å². The lowest BCUT2D eigenvalue weighted by atomic mass is 10.0. The molecule has 0 bridgehead atoms. The third kappa shape index (κ3) is 31.2. The Morgan fingerprint density at radius 2 is 0.957 bits per heavy atom. The van der Waals surface area contributed by atoms with Crippen molar-refractivity contribution in [3.05, 3.63) is 0 Å². The van der Waals surface area contributed by atoms with Crippen molar-refractivity contribution in [3.8, 4) is 0 Å². The van der Waals surface area contributed by atoms with E-state index in [0.29, 0.717) is 19.3 Å². The Balaban J connectivity index is 6.05. The van der Waals surface area contributed by atoms with Crippen molar-refractivity contribution in [1.29, 1.82) is 0 Å². The quantitative estimate of drug-likeness (QED) is 0.0224. The maximum Gasteiger partial charge on any atom is 0.326 e. The number of unbranched alkanes of at least 4 members (excludes halogenated alkanes) is 13. The monoisotopic (exact) mass is 984 g/mol. The number of guanidine groups is 1. The third-order valence-corrected chi connectivity index (χ3v) is 11.1. The first kappa shape index (κ1) is 63.4. The Hall–Kier alpha value is -5.58. The summed E-state index contributed by atoms with van der Waals surface area (Å²) in [7, 11) is 0. The van der Waals surface area contributed by atoms with Gasteiger partial charge >= 0.3 is 11.9 Å². The van der Waals surface area contributed by atoms with E-state index in [4.69, 9.17) is 22.9 Å². The van der Waals surface area contributed by atoms with Crippen LogP contribution in [0.4, 0.5) is 0 Å². The van der Waals surface area contributed by atoms with Gasteiger partial charge in [-0.05, 0) is 64.3 Å². The summed E-state index contributed by atoms with van der Waals surface area (Å²) >= 11 is 0. The normalized spacial score (nSPS) is 14.1. The number of carbonyl (C=O) groups excluding carboxylic acids is 7. The van der Waals surface area contributed by atoms with Crippen molar-refractivity contribution in [2.45, 2.75) is 211 Å². The van der Waals surface area contributed by atoms with Gasteiger partial charge in [0.2, 0.25) is 41.4 Å². The molecule has 0 unspecified atom stereocenters. The highest BCUT2D eigenvalue weighted by atomic mass is 16.4. The van der Waals surface area contributed by atoms with Crippen LogP contribution >= 0.6 is 0 Å². The van der Waals surface area contributed by atoms with E-state index < -0.39 is 108 Å². The van der Waals surface area contributed by atoms with E-state index in [2.05, 4.69) is 43.8 Å². The number of rotatable bonds is 41. The number of hydrogen-bond acceptors (Lipinski definition) is 12. The van der Waals surface area contributed by atoms with E-state index in [-0.39, 0.29) is 57.1 Å². The van der Waals surface area contributed by atoms with Gasteiger partial charge < -0.3 is 70.2 Å². The summed E-state index contributed by atoms with van der Waals surface area (Å²) in [6.07, 6.45) is 11.9. The molecule has 0 aromatic carbocycles. The topological polar surface area (TPSA) is 403 Å². The van der Waals surface area contributed by atoms with Crippen LogP contribution in [0.1, 0.15) is 169 Å². The number of nitrogens with zero attached hydrogens (tertiary/aromatic N) is 1. The average Bonchev–Trinajstić information content (AvgIpc) is 3.26. The molecule has 0 spiro atoms. The lowest BCUT2D eigenvalue weighted by Crippen LogP contribution is -2.60. The van der Waals surface area contributed by atoms with Gasteiger partial charge in [0, 0.05) is 13.0 Å². The second-order valence-corrected chi connectivity index (χ2v) is 18.1. The molecule has 69 heavy (non-hydrogen) atoms. The molecule has 0 aliphatic heterocycles. The molecule has 0 heterocycles. The second kappa shape index (κ2) is 37.3. The van der Waals surface area contributed by atoms with E-state index in [1.807, 2.05) is 0 Å². The Labute approximate surface area is 407 Å². The number of aliphatic hydroxyl groups is 1. The van der Waals surface area contributed by atoms with E-state index in [1.165, 1.54) is 58.3 Å². The zero-order valence-electron chi connectivity index (χ0n) is 41.4. The zero-order chi connectivity index (χ0) is 52.3. The molecule has 0 fully saturated rings. The van der Waals surface area contributed by atoms with Gasteiger partial charge in [0.05, 0.1) is 18.9 Å². The van der Waals surface area contributed by atoms with Gasteiger partial charge in [-0.2, -0.15) is 0 Å². The maximum absolute atomic E-state index is 13.9. The molecule has 0 radical (unpaired) electrons. The number of aliphatic carboxylic acids is 2. The lowest BCUT2D eigenvalue weighted by molar-refractivity contribution is -0.143. The van der Waals surface area contributed by atoms with Gasteiger partial charge in [-0.15, -0.1) is 0 Å². The van der Waals surface area contributed by atoms with E-state index >= 15 is 0 Å². The Bertz CT molecular complexity index is 1630. The number of aliphatic hydroxyl groups excluding tert-OH is 1. The summed E-state index contributed by atoms with van der Waals surface area (Å²) < 4.78 is 0. The third-order valence-electron chi connectivity index (χ3n) is 11.1. The van der Waals surface area contributed by atoms with Crippen molar-refractivity contribution in [3.63, 3.8) is 0 Å². The molecule has 23 heteroatoms. The number of hydrogen-bond donors (Lipinski definition) is 13. The van der Waals surface area contributed by atoms with Gasteiger partial charge in [-0.1, -0.05) is 97.8 Å². The Morgan fingerprint density at radius 3 is 1.39 bits per heavy atom.